The maximum atomic E-state index is 8.32. The molecule has 0 aliphatic heterocycles. The molecule has 0 atom stereocenters. The van der Waals surface area contributed by atoms with E-state index in [-0.39, 0.29) is 0 Å². The van der Waals surface area contributed by atoms with Gasteiger partial charge in [-0.1, -0.05) is 0 Å². The lowest BCUT2D eigenvalue weighted by Gasteiger charge is -1.90. The number of nitrogens with zero attached hydrogens (tertiary/aromatic N) is 3. The smallest absolute Gasteiger partial charge is 0.158 e. The van der Waals surface area contributed by atoms with Gasteiger partial charge in [-0.2, -0.15) is 5.26 Å². The molecule has 1 aromatic heterocycles. The topological polar surface area (TPSA) is 49.6 Å². The second-order valence-electron chi connectivity index (χ2n) is 1.64. The first kappa shape index (κ1) is 6.97. The van der Waals surface area contributed by atoms with Gasteiger partial charge in [-0.25, -0.2) is 4.98 Å². The molecule has 0 amide bonds. The molecule has 10 heavy (non-hydrogen) atoms. The Morgan fingerprint density at radius 1 is 1.50 bits per heavy atom. The molecule has 1 rings (SSSR count). The standard InChI is InChI=1S/C6H4ClN3/c7-1-5-3-10-6(2-8)4-9-5/h3-4H,1H2. The summed E-state index contributed by atoms with van der Waals surface area (Å²) in [5, 5.41) is 8.32. The van der Waals surface area contributed by atoms with Crippen molar-refractivity contribution >= 4 is 11.6 Å². The fraction of sp³-hybridized carbons (Fsp3) is 0.167. The van der Waals surface area contributed by atoms with E-state index in [9.17, 15) is 0 Å². The summed E-state index contributed by atoms with van der Waals surface area (Å²) in [6, 6.07) is 1.86. The van der Waals surface area contributed by atoms with Crippen LogP contribution in [0.2, 0.25) is 0 Å². The predicted octanol–water partition coefficient (Wildman–Crippen LogP) is 1.09. The molecule has 50 valence electrons. The molecule has 3 nitrogen and oxygen atoms in total. The number of halogens is 1. The first-order valence-corrected chi connectivity index (χ1v) is 3.17. The van der Waals surface area contributed by atoms with Crippen LogP contribution in [-0.4, -0.2) is 9.97 Å². The van der Waals surface area contributed by atoms with Crippen molar-refractivity contribution in [3.05, 3.63) is 23.8 Å². The van der Waals surface area contributed by atoms with Gasteiger partial charge >= 0.3 is 0 Å². The van der Waals surface area contributed by atoms with E-state index in [1.54, 1.807) is 0 Å². The summed E-state index contributed by atoms with van der Waals surface area (Å²) in [6.45, 7) is 0. The zero-order valence-electron chi connectivity index (χ0n) is 5.08. The van der Waals surface area contributed by atoms with Crippen LogP contribution in [0.5, 0.6) is 0 Å². The second-order valence-corrected chi connectivity index (χ2v) is 1.91. The molecule has 1 heterocycles. The van der Waals surface area contributed by atoms with Crippen LogP contribution in [-0.2, 0) is 5.88 Å². The Bertz CT molecular complexity index is 249. The van der Waals surface area contributed by atoms with E-state index >= 15 is 0 Å². The Morgan fingerprint density at radius 2 is 2.30 bits per heavy atom. The average molecular weight is 154 g/mol. The van der Waals surface area contributed by atoms with Crippen LogP contribution in [0.3, 0.4) is 0 Å². The van der Waals surface area contributed by atoms with Crippen LogP contribution in [0, 0.1) is 11.3 Å². The number of alkyl halides is 1. The summed E-state index contributed by atoms with van der Waals surface area (Å²) in [5.41, 5.74) is 0.995. The Hall–Kier alpha value is -1.14. The van der Waals surface area contributed by atoms with Crippen LogP contribution in [0.1, 0.15) is 11.4 Å². The van der Waals surface area contributed by atoms with Crippen molar-refractivity contribution in [3.8, 4) is 6.07 Å². The first-order chi connectivity index (χ1) is 4.86. The highest BCUT2D eigenvalue weighted by molar-refractivity contribution is 6.16. The highest BCUT2D eigenvalue weighted by atomic mass is 35.5. The molecular weight excluding hydrogens is 150 g/mol. The van der Waals surface area contributed by atoms with E-state index < -0.39 is 0 Å². The van der Waals surface area contributed by atoms with Crippen molar-refractivity contribution in [1.29, 1.82) is 5.26 Å². The number of aromatic nitrogens is 2. The molecule has 0 saturated heterocycles. The van der Waals surface area contributed by atoms with E-state index in [0.29, 0.717) is 17.3 Å². The molecule has 0 fully saturated rings. The zero-order valence-corrected chi connectivity index (χ0v) is 5.84. The van der Waals surface area contributed by atoms with Crippen molar-refractivity contribution < 1.29 is 0 Å². The highest BCUT2D eigenvalue weighted by Gasteiger charge is 1.92. The van der Waals surface area contributed by atoms with Gasteiger partial charge in [-0.05, 0) is 0 Å². The number of hydrogen-bond donors (Lipinski definition) is 0. The minimum Gasteiger partial charge on any atom is -0.255 e. The molecule has 0 aliphatic rings. The summed E-state index contributed by atoms with van der Waals surface area (Å²) >= 11 is 5.44. The van der Waals surface area contributed by atoms with Gasteiger partial charge < -0.3 is 0 Å². The van der Waals surface area contributed by atoms with Gasteiger partial charge in [0.15, 0.2) is 5.69 Å². The quantitative estimate of drug-likeness (QED) is 0.568. The summed E-state index contributed by atoms with van der Waals surface area (Å²) < 4.78 is 0. The van der Waals surface area contributed by atoms with Crippen molar-refractivity contribution in [2.24, 2.45) is 0 Å². The summed E-state index contributed by atoms with van der Waals surface area (Å²) in [6.07, 6.45) is 2.89. The molecule has 4 heteroatoms. The van der Waals surface area contributed by atoms with E-state index in [4.69, 9.17) is 16.9 Å². The van der Waals surface area contributed by atoms with Crippen molar-refractivity contribution in [1.82, 2.24) is 9.97 Å². The van der Waals surface area contributed by atoms with Crippen molar-refractivity contribution in [3.63, 3.8) is 0 Å². The minimum absolute atomic E-state index is 0.314. The molecule has 0 spiro atoms. The van der Waals surface area contributed by atoms with Gasteiger partial charge in [0.2, 0.25) is 0 Å². The van der Waals surface area contributed by atoms with Gasteiger partial charge in [0.25, 0.3) is 0 Å². The largest absolute Gasteiger partial charge is 0.255 e. The first-order valence-electron chi connectivity index (χ1n) is 2.64. The van der Waals surface area contributed by atoms with Gasteiger partial charge in [-0.15, -0.1) is 11.6 Å². The van der Waals surface area contributed by atoms with Crippen LogP contribution in [0.15, 0.2) is 12.4 Å². The number of hydrogen-bond acceptors (Lipinski definition) is 3. The Morgan fingerprint density at radius 3 is 2.70 bits per heavy atom. The van der Waals surface area contributed by atoms with Crippen LogP contribution < -0.4 is 0 Å². The van der Waals surface area contributed by atoms with Gasteiger partial charge in [0.05, 0.1) is 24.0 Å². The Balaban J connectivity index is 2.93. The third kappa shape index (κ3) is 1.42. The summed E-state index contributed by atoms with van der Waals surface area (Å²) in [4.78, 5) is 7.61. The van der Waals surface area contributed by atoms with Crippen LogP contribution in [0.4, 0.5) is 0 Å². The highest BCUT2D eigenvalue weighted by Crippen LogP contribution is 1.96. The van der Waals surface area contributed by atoms with E-state index in [1.165, 1.54) is 12.4 Å². The molecule has 0 radical (unpaired) electrons. The third-order valence-corrected chi connectivity index (χ3v) is 1.23. The number of nitriles is 1. The Labute approximate surface area is 63.3 Å². The molecule has 0 aliphatic carbocycles. The normalized spacial score (nSPS) is 8.80. The zero-order chi connectivity index (χ0) is 7.40. The Kier molecular flexibility index (Phi) is 2.19. The molecule has 0 aromatic carbocycles. The second kappa shape index (κ2) is 3.14. The SMILES string of the molecule is N#Cc1cnc(CCl)cn1. The van der Waals surface area contributed by atoms with Crippen LogP contribution in [0.25, 0.3) is 0 Å². The summed E-state index contributed by atoms with van der Waals surface area (Å²) in [7, 11) is 0. The lowest BCUT2D eigenvalue weighted by Crippen LogP contribution is -1.89. The van der Waals surface area contributed by atoms with E-state index in [1.807, 2.05) is 6.07 Å². The predicted molar refractivity (Wildman–Crippen MR) is 36.3 cm³/mol. The molecule has 1 aromatic rings. The molecule has 0 bridgehead atoms. The third-order valence-electron chi connectivity index (χ3n) is 0.957. The van der Waals surface area contributed by atoms with Crippen LogP contribution >= 0.6 is 11.6 Å². The molecule has 0 unspecified atom stereocenters. The maximum absolute atomic E-state index is 8.32. The van der Waals surface area contributed by atoms with Crippen molar-refractivity contribution in [2.75, 3.05) is 0 Å². The molecule has 0 N–H and O–H groups in total. The average Bonchev–Trinajstić information content (AvgIpc) is 2.05. The molecule has 0 saturated carbocycles. The summed E-state index contributed by atoms with van der Waals surface area (Å²) in [5.74, 6) is 0.332. The van der Waals surface area contributed by atoms with Gasteiger partial charge in [0, 0.05) is 0 Å². The van der Waals surface area contributed by atoms with Crippen molar-refractivity contribution in [2.45, 2.75) is 5.88 Å². The van der Waals surface area contributed by atoms with E-state index in [2.05, 4.69) is 9.97 Å². The van der Waals surface area contributed by atoms with E-state index in [0.717, 1.165) is 0 Å². The maximum Gasteiger partial charge on any atom is 0.158 e. The minimum atomic E-state index is 0.314. The lowest BCUT2D eigenvalue weighted by molar-refractivity contribution is 1.08. The number of rotatable bonds is 1. The fourth-order valence-electron chi connectivity index (χ4n) is 0.482. The van der Waals surface area contributed by atoms with Gasteiger partial charge in [-0.3, -0.25) is 4.98 Å². The van der Waals surface area contributed by atoms with Gasteiger partial charge in [0.1, 0.15) is 6.07 Å². The lowest BCUT2D eigenvalue weighted by atomic mass is 10.4. The fourth-order valence-corrected chi connectivity index (χ4v) is 0.620. The monoisotopic (exact) mass is 153 g/mol. The molecular formula is C6H4ClN3.